The van der Waals surface area contributed by atoms with Gasteiger partial charge in [-0.25, -0.2) is 0 Å². The van der Waals surface area contributed by atoms with Crippen molar-refractivity contribution in [3.05, 3.63) is 69.8 Å². The van der Waals surface area contributed by atoms with Gasteiger partial charge in [-0.3, -0.25) is 0 Å². The van der Waals surface area contributed by atoms with Crippen molar-refractivity contribution in [1.82, 2.24) is 9.88 Å². The summed E-state index contributed by atoms with van der Waals surface area (Å²) in [5.41, 5.74) is 5.70. The summed E-state index contributed by atoms with van der Waals surface area (Å²) >= 11 is 3.76. The van der Waals surface area contributed by atoms with Crippen LogP contribution in [0.25, 0.3) is 10.9 Å². The van der Waals surface area contributed by atoms with E-state index < -0.39 is 0 Å². The minimum absolute atomic E-state index is 0.439. The van der Waals surface area contributed by atoms with E-state index in [1.807, 2.05) is 0 Å². The van der Waals surface area contributed by atoms with E-state index in [1.54, 1.807) is 0 Å². The first kappa shape index (κ1) is 24.1. The molecule has 3 nitrogen and oxygen atoms in total. The summed E-state index contributed by atoms with van der Waals surface area (Å²) in [6.07, 6.45) is 11.4. The van der Waals surface area contributed by atoms with Crippen molar-refractivity contribution in [2.24, 2.45) is 11.8 Å². The van der Waals surface area contributed by atoms with Gasteiger partial charge in [0, 0.05) is 47.2 Å². The number of piperidine rings is 1. The van der Waals surface area contributed by atoms with Gasteiger partial charge in [0.1, 0.15) is 0 Å². The molecule has 0 radical (unpaired) electrons. The Kier molecular flexibility index (Phi) is 8.09. The van der Waals surface area contributed by atoms with Crippen LogP contribution in [0, 0.1) is 18.8 Å². The fraction of sp³-hybridized carbons (Fsp3) is 0.533. The molecule has 2 aromatic carbocycles. The normalized spacial score (nSPS) is 19.0. The lowest BCUT2D eigenvalue weighted by Crippen LogP contribution is -2.27. The van der Waals surface area contributed by atoms with Crippen LogP contribution in [-0.4, -0.2) is 30.9 Å². The Balaban J connectivity index is 1.46. The van der Waals surface area contributed by atoms with E-state index >= 15 is 0 Å². The Morgan fingerprint density at radius 1 is 1.03 bits per heavy atom. The molecule has 1 atom stereocenters. The number of nitrogens with zero attached hydrogens (tertiary/aromatic N) is 1. The number of aryl methyl sites for hydroxylation is 1. The van der Waals surface area contributed by atoms with Crippen molar-refractivity contribution in [3.8, 4) is 0 Å². The van der Waals surface area contributed by atoms with Gasteiger partial charge in [-0.05, 0) is 93.3 Å². The maximum Gasteiger partial charge on any atom is 0.0484 e. The van der Waals surface area contributed by atoms with Crippen LogP contribution in [0.1, 0.15) is 67.6 Å². The molecule has 1 unspecified atom stereocenters. The number of rotatable bonds is 8. The van der Waals surface area contributed by atoms with Gasteiger partial charge in [0.15, 0.2) is 0 Å². The lowest BCUT2D eigenvalue weighted by Gasteiger charge is -2.24. The summed E-state index contributed by atoms with van der Waals surface area (Å²) in [6.45, 7) is 7.52. The molecule has 0 aliphatic carbocycles. The standard InChI is InChI=1S/C30H39BrN2O/c1-22-4-2-6-25(18-22)27(7-3-5-23-10-14-32-15-11-23)29-21-33(20-24-12-16-34-17-13-24)30-9-8-26(31)19-28(29)30/h2,4,6,8-9,18-19,21,23-24,27,32H,3,5,7,10-17,20H2,1H3. The summed E-state index contributed by atoms with van der Waals surface area (Å²) in [5.74, 6) is 2.04. The first-order chi connectivity index (χ1) is 16.7. The Hall–Kier alpha value is -1.62. The van der Waals surface area contributed by atoms with Crippen molar-refractivity contribution in [2.45, 2.75) is 64.3 Å². The number of fused-ring (bicyclic) bond motifs is 1. The van der Waals surface area contributed by atoms with E-state index in [1.165, 1.54) is 90.1 Å². The number of aromatic nitrogens is 1. The number of hydrogen-bond donors (Lipinski definition) is 1. The number of nitrogens with one attached hydrogen (secondary N) is 1. The monoisotopic (exact) mass is 522 g/mol. The second kappa shape index (κ2) is 11.4. The van der Waals surface area contributed by atoms with Gasteiger partial charge < -0.3 is 14.6 Å². The average Bonchev–Trinajstić information content (AvgIpc) is 3.20. The molecule has 0 spiro atoms. The van der Waals surface area contributed by atoms with E-state index in [-0.39, 0.29) is 0 Å². The lowest BCUT2D eigenvalue weighted by molar-refractivity contribution is 0.0616. The molecule has 3 heterocycles. The molecule has 34 heavy (non-hydrogen) atoms. The highest BCUT2D eigenvalue weighted by molar-refractivity contribution is 9.10. The zero-order valence-corrected chi connectivity index (χ0v) is 22.2. The van der Waals surface area contributed by atoms with E-state index in [9.17, 15) is 0 Å². The number of ether oxygens (including phenoxy) is 1. The Labute approximate surface area is 213 Å². The van der Waals surface area contributed by atoms with Crippen molar-refractivity contribution >= 4 is 26.8 Å². The smallest absolute Gasteiger partial charge is 0.0484 e. The average molecular weight is 524 g/mol. The number of benzene rings is 2. The first-order valence-electron chi connectivity index (χ1n) is 13.3. The highest BCUT2D eigenvalue weighted by atomic mass is 79.9. The van der Waals surface area contributed by atoms with Gasteiger partial charge >= 0.3 is 0 Å². The molecule has 2 aliphatic rings. The lowest BCUT2D eigenvalue weighted by atomic mass is 9.84. The van der Waals surface area contributed by atoms with E-state index in [4.69, 9.17) is 4.74 Å². The summed E-state index contributed by atoms with van der Waals surface area (Å²) in [4.78, 5) is 0. The van der Waals surface area contributed by atoms with Gasteiger partial charge in [-0.15, -0.1) is 0 Å². The van der Waals surface area contributed by atoms with Crippen molar-refractivity contribution < 1.29 is 4.74 Å². The zero-order valence-electron chi connectivity index (χ0n) is 20.6. The minimum atomic E-state index is 0.439. The maximum atomic E-state index is 5.63. The molecule has 1 N–H and O–H groups in total. The Bertz CT molecular complexity index is 1080. The summed E-state index contributed by atoms with van der Waals surface area (Å²) in [6, 6.07) is 16.1. The SMILES string of the molecule is Cc1cccc(C(CCCC2CCNCC2)c2cn(CC3CCOCC3)c3ccc(Br)cc23)c1. The maximum absolute atomic E-state index is 5.63. The third-order valence-corrected chi connectivity index (χ3v) is 8.55. The topological polar surface area (TPSA) is 26.2 Å². The second-order valence-electron chi connectivity index (χ2n) is 10.5. The predicted molar refractivity (Wildman–Crippen MR) is 146 cm³/mol. The zero-order chi connectivity index (χ0) is 23.3. The molecule has 182 valence electrons. The van der Waals surface area contributed by atoms with Gasteiger partial charge in [0.05, 0.1) is 0 Å². The number of halogens is 1. The van der Waals surface area contributed by atoms with E-state index in [0.717, 1.165) is 25.7 Å². The summed E-state index contributed by atoms with van der Waals surface area (Å²) in [7, 11) is 0. The van der Waals surface area contributed by atoms with Gasteiger partial charge in [-0.1, -0.05) is 58.6 Å². The molecule has 1 aromatic heterocycles. The fourth-order valence-corrected chi connectivity index (χ4v) is 6.46. The molecular weight excluding hydrogens is 484 g/mol. The first-order valence-corrected chi connectivity index (χ1v) is 14.1. The van der Waals surface area contributed by atoms with Gasteiger partial charge in [0.25, 0.3) is 0 Å². The molecule has 0 saturated carbocycles. The van der Waals surface area contributed by atoms with Crippen LogP contribution in [-0.2, 0) is 11.3 Å². The molecule has 2 aliphatic heterocycles. The molecule has 3 aromatic rings. The van der Waals surface area contributed by atoms with E-state index in [2.05, 4.69) is 81.4 Å². The number of hydrogen-bond acceptors (Lipinski definition) is 2. The van der Waals surface area contributed by atoms with Crippen molar-refractivity contribution in [3.63, 3.8) is 0 Å². The van der Waals surface area contributed by atoms with Gasteiger partial charge in [0.2, 0.25) is 0 Å². The molecule has 0 bridgehead atoms. The predicted octanol–water partition coefficient (Wildman–Crippen LogP) is 7.44. The second-order valence-corrected chi connectivity index (χ2v) is 11.5. The van der Waals surface area contributed by atoms with Crippen LogP contribution in [0.3, 0.4) is 0 Å². The minimum Gasteiger partial charge on any atom is -0.381 e. The molecule has 4 heteroatoms. The molecule has 0 amide bonds. The van der Waals surface area contributed by atoms with Crippen molar-refractivity contribution in [1.29, 1.82) is 0 Å². The molecule has 2 fully saturated rings. The highest BCUT2D eigenvalue weighted by Crippen LogP contribution is 2.38. The quantitative estimate of drug-likeness (QED) is 0.332. The van der Waals surface area contributed by atoms with Crippen LogP contribution in [0.2, 0.25) is 0 Å². The van der Waals surface area contributed by atoms with Crippen LogP contribution in [0.5, 0.6) is 0 Å². The van der Waals surface area contributed by atoms with Crippen LogP contribution in [0.4, 0.5) is 0 Å². The molecular formula is C30H39BrN2O. The highest BCUT2D eigenvalue weighted by Gasteiger charge is 2.23. The van der Waals surface area contributed by atoms with Crippen LogP contribution < -0.4 is 5.32 Å². The molecule has 2 saturated heterocycles. The Morgan fingerprint density at radius 3 is 2.65 bits per heavy atom. The largest absolute Gasteiger partial charge is 0.381 e. The van der Waals surface area contributed by atoms with Crippen LogP contribution in [0.15, 0.2) is 53.1 Å². The van der Waals surface area contributed by atoms with E-state index in [0.29, 0.717) is 11.8 Å². The summed E-state index contributed by atoms with van der Waals surface area (Å²) in [5, 5.41) is 4.93. The van der Waals surface area contributed by atoms with Gasteiger partial charge in [-0.2, -0.15) is 0 Å². The third kappa shape index (κ3) is 5.78. The fourth-order valence-electron chi connectivity index (χ4n) is 6.10. The third-order valence-electron chi connectivity index (χ3n) is 8.05. The molecule has 5 rings (SSSR count). The van der Waals surface area contributed by atoms with Crippen LogP contribution >= 0.6 is 15.9 Å². The van der Waals surface area contributed by atoms with Crippen molar-refractivity contribution in [2.75, 3.05) is 26.3 Å². The Morgan fingerprint density at radius 2 is 1.85 bits per heavy atom. The summed E-state index contributed by atoms with van der Waals surface area (Å²) < 4.78 is 9.34.